The van der Waals surface area contributed by atoms with E-state index in [9.17, 15) is 4.79 Å². The number of amides is 1. The van der Waals surface area contributed by atoms with Gasteiger partial charge in [-0.2, -0.15) is 0 Å². The van der Waals surface area contributed by atoms with Crippen molar-refractivity contribution in [3.63, 3.8) is 0 Å². The standard InChI is InChI=1S/C10H11ClN2O2/c1-13(6-11)7-2-3-9-8(4-7)12-10(14)5-15-9/h2-4H,5-6H2,1H3,(H,12,14). The summed E-state index contributed by atoms with van der Waals surface area (Å²) in [5, 5.41) is 2.75. The second kappa shape index (κ2) is 3.98. The van der Waals surface area contributed by atoms with Crippen LogP contribution < -0.4 is 15.0 Å². The predicted octanol–water partition coefficient (Wildman–Crippen LogP) is 1.65. The molecular formula is C10H11ClN2O2. The molecule has 0 spiro atoms. The number of alkyl halides is 1. The molecule has 0 unspecified atom stereocenters. The number of carbonyl (C=O) groups is 1. The molecule has 0 saturated carbocycles. The van der Waals surface area contributed by atoms with Crippen LogP contribution in [0.4, 0.5) is 11.4 Å². The van der Waals surface area contributed by atoms with Crippen molar-refractivity contribution in [2.24, 2.45) is 0 Å². The molecule has 1 heterocycles. The van der Waals surface area contributed by atoms with Crippen LogP contribution in [0.25, 0.3) is 0 Å². The lowest BCUT2D eigenvalue weighted by Crippen LogP contribution is -2.25. The molecule has 0 aromatic heterocycles. The minimum atomic E-state index is -0.131. The summed E-state index contributed by atoms with van der Waals surface area (Å²) in [7, 11) is 1.88. The molecule has 1 aromatic rings. The van der Waals surface area contributed by atoms with Gasteiger partial charge >= 0.3 is 0 Å². The van der Waals surface area contributed by atoms with Crippen LogP contribution in [0.15, 0.2) is 18.2 Å². The Balaban J connectivity index is 2.32. The van der Waals surface area contributed by atoms with Crippen LogP contribution in [-0.2, 0) is 4.79 Å². The Morgan fingerprint density at radius 3 is 3.13 bits per heavy atom. The molecular weight excluding hydrogens is 216 g/mol. The van der Waals surface area contributed by atoms with Gasteiger partial charge < -0.3 is 15.0 Å². The molecule has 0 atom stereocenters. The molecule has 1 N–H and O–H groups in total. The van der Waals surface area contributed by atoms with Crippen LogP contribution in [-0.4, -0.2) is 25.6 Å². The molecule has 1 aliphatic heterocycles. The van der Waals surface area contributed by atoms with Gasteiger partial charge in [0.05, 0.1) is 11.7 Å². The van der Waals surface area contributed by atoms with Gasteiger partial charge in [0.25, 0.3) is 5.91 Å². The molecule has 1 aromatic carbocycles. The van der Waals surface area contributed by atoms with Crippen molar-refractivity contribution in [3.8, 4) is 5.75 Å². The molecule has 1 aliphatic rings. The highest BCUT2D eigenvalue weighted by Gasteiger charge is 2.16. The lowest BCUT2D eigenvalue weighted by molar-refractivity contribution is -0.118. The average molecular weight is 227 g/mol. The molecule has 0 fully saturated rings. The minimum Gasteiger partial charge on any atom is -0.482 e. The number of benzene rings is 1. The normalized spacial score (nSPS) is 13.9. The molecule has 0 radical (unpaired) electrons. The van der Waals surface area contributed by atoms with Crippen molar-refractivity contribution >= 4 is 28.9 Å². The van der Waals surface area contributed by atoms with Crippen molar-refractivity contribution < 1.29 is 9.53 Å². The smallest absolute Gasteiger partial charge is 0.262 e. The third kappa shape index (κ3) is 1.99. The zero-order valence-electron chi connectivity index (χ0n) is 8.29. The SMILES string of the molecule is CN(CCl)c1ccc2c(c1)NC(=O)CO2. The van der Waals surface area contributed by atoms with Gasteiger partial charge in [-0.15, -0.1) is 11.6 Å². The number of fused-ring (bicyclic) bond motifs is 1. The number of hydrogen-bond donors (Lipinski definition) is 1. The third-order valence-electron chi connectivity index (χ3n) is 2.22. The van der Waals surface area contributed by atoms with Crippen molar-refractivity contribution in [1.29, 1.82) is 0 Å². The Labute approximate surface area is 92.8 Å². The molecule has 80 valence electrons. The Morgan fingerprint density at radius 2 is 2.40 bits per heavy atom. The molecule has 1 amide bonds. The second-order valence-electron chi connectivity index (χ2n) is 3.33. The van der Waals surface area contributed by atoms with Crippen molar-refractivity contribution in [2.75, 3.05) is 29.9 Å². The van der Waals surface area contributed by atoms with Gasteiger partial charge in [0.1, 0.15) is 5.75 Å². The molecule has 4 nitrogen and oxygen atoms in total. The Hall–Kier alpha value is -1.42. The quantitative estimate of drug-likeness (QED) is 0.616. The Morgan fingerprint density at radius 1 is 1.60 bits per heavy atom. The van der Waals surface area contributed by atoms with Gasteiger partial charge in [-0.3, -0.25) is 4.79 Å². The fraction of sp³-hybridized carbons (Fsp3) is 0.300. The Bertz CT molecular complexity index is 395. The van der Waals surface area contributed by atoms with E-state index in [0.717, 1.165) is 5.69 Å². The lowest BCUT2D eigenvalue weighted by atomic mass is 10.2. The van der Waals surface area contributed by atoms with Crippen LogP contribution >= 0.6 is 11.6 Å². The van der Waals surface area contributed by atoms with Gasteiger partial charge in [0.15, 0.2) is 6.61 Å². The summed E-state index contributed by atoms with van der Waals surface area (Å²) in [6, 6.07) is 5.97. The van der Waals surface area contributed by atoms with Crippen LogP contribution in [0.1, 0.15) is 0 Å². The van der Waals surface area contributed by atoms with Gasteiger partial charge in [-0.05, 0) is 18.2 Å². The monoisotopic (exact) mass is 226 g/mol. The van der Waals surface area contributed by atoms with Crippen LogP contribution in [0.3, 0.4) is 0 Å². The van der Waals surface area contributed by atoms with Gasteiger partial charge in [0, 0.05) is 12.7 Å². The average Bonchev–Trinajstić information content (AvgIpc) is 2.27. The summed E-state index contributed by atoms with van der Waals surface area (Å²) in [5.74, 6) is 0.564. The summed E-state index contributed by atoms with van der Waals surface area (Å²) in [6.07, 6.45) is 0. The summed E-state index contributed by atoms with van der Waals surface area (Å²) >= 11 is 5.71. The van der Waals surface area contributed by atoms with E-state index < -0.39 is 0 Å². The first-order valence-corrected chi connectivity index (χ1v) is 5.08. The van der Waals surface area contributed by atoms with Crippen molar-refractivity contribution in [3.05, 3.63) is 18.2 Å². The van der Waals surface area contributed by atoms with Gasteiger partial charge in [0.2, 0.25) is 0 Å². The van der Waals surface area contributed by atoms with Crippen LogP contribution in [0.2, 0.25) is 0 Å². The fourth-order valence-electron chi connectivity index (χ4n) is 1.38. The number of nitrogens with one attached hydrogen (secondary N) is 1. The number of nitrogens with zero attached hydrogens (tertiary/aromatic N) is 1. The summed E-state index contributed by atoms with van der Waals surface area (Å²) in [5.41, 5.74) is 1.63. The van der Waals surface area contributed by atoms with E-state index >= 15 is 0 Å². The second-order valence-corrected chi connectivity index (χ2v) is 3.57. The number of hydrogen-bond acceptors (Lipinski definition) is 3. The van der Waals surface area contributed by atoms with E-state index in [0.29, 0.717) is 17.4 Å². The Kier molecular flexibility index (Phi) is 2.68. The highest BCUT2D eigenvalue weighted by molar-refractivity contribution is 6.19. The molecule has 0 saturated heterocycles. The third-order valence-corrected chi connectivity index (χ3v) is 2.57. The summed E-state index contributed by atoms with van der Waals surface area (Å²) in [6.45, 7) is 0.0810. The first-order valence-electron chi connectivity index (χ1n) is 4.54. The van der Waals surface area contributed by atoms with Crippen molar-refractivity contribution in [2.45, 2.75) is 0 Å². The maximum absolute atomic E-state index is 11.1. The number of carbonyl (C=O) groups excluding carboxylic acids is 1. The molecule has 15 heavy (non-hydrogen) atoms. The predicted molar refractivity (Wildman–Crippen MR) is 59.7 cm³/mol. The molecule has 0 aliphatic carbocycles. The zero-order valence-corrected chi connectivity index (χ0v) is 9.04. The van der Waals surface area contributed by atoms with E-state index in [1.165, 1.54) is 0 Å². The first kappa shape index (κ1) is 10.1. The van der Waals surface area contributed by atoms with E-state index in [1.807, 2.05) is 30.1 Å². The van der Waals surface area contributed by atoms with Gasteiger partial charge in [-0.1, -0.05) is 0 Å². The number of halogens is 1. The highest BCUT2D eigenvalue weighted by atomic mass is 35.5. The number of rotatable bonds is 2. The fourth-order valence-corrected chi connectivity index (χ4v) is 1.52. The molecule has 5 heteroatoms. The first-order chi connectivity index (χ1) is 7.20. The van der Waals surface area contributed by atoms with E-state index in [4.69, 9.17) is 16.3 Å². The van der Waals surface area contributed by atoms with Crippen molar-refractivity contribution in [1.82, 2.24) is 0 Å². The largest absolute Gasteiger partial charge is 0.482 e. The number of anilines is 2. The van der Waals surface area contributed by atoms with Crippen LogP contribution in [0.5, 0.6) is 5.75 Å². The topological polar surface area (TPSA) is 41.6 Å². The zero-order chi connectivity index (χ0) is 10.8. The number of ether oxygens (including phenoxy) is 1. The highest BCUT2D eigenvalue weighted by Crippen LogP contribution is 2.31. The summed E-state index contributed by atoms with van der Waals surface area (Å²) < 4.78 is 5.24. The molecule has 0 bridgehead atoms. The summed E-state index contributed by atoms with van der Waals surface area (Å²) in [4.78, 5) is 13.0. The maximum atomic E-state index is 11.1. The minimum absolute atomic E-state index is 0.0810. The van der Waals surface area contributed by atoms with Gasteiger partial charge in [-0.25, -0.2) is 0 Å². The van der Waals surface area contributed by atoms with E-state index in [2.05, 4.69) is 5.32 Å². The molecule has 2 rings (SSSR count). The van der Waals surface area contributed by atoms with E-state index in [-0.39, 0.29) is 12.5 Å². The van der Waals surface area contributed by atoms with E-state index in [1.54, 1.807) is 0 Å². The maximum Gasteiger partial charge on any atom is 0.262 e. The van der Waals surface area contributed by atoms with Crippen LogP contribution in [0, 0.1) is 0 Å². The lowest BCUT2D eigenvalue weighted by Gasteiger charge is -2.21.